The summed E-state index contributed by atoms with van der Waals surface area (Å²) in [5, 5.41) is 6.40. The summed E-state index contributed by atoms with van der Waals surface area (Å²) in [4.78, 5) is 0. The predicted molar refractivity (Wildman–Crippen MR) is 95.5 cm³/mol. The van der Waals surface area contributed by atoms with Gasteiger partial charge in [0.1, 0.15) is 17.3 Å². The molecule has 0 spiro atoms. The molecule has 2 rings (SSSR count). The molecule has 122 valence electrons. The Bertz CT molecular complexity index is 740. The third-order valence-corrected chi connectivity index (χ3v) is 3.59. The van der Waals surface area contributed by atoms with E-state index in [0.29, 0.717) is 27.9 Å². The molecule has 0 saturated heterocycles. The molecule has 0 unspecified atom stereocenters. The molecule has 0 fully saturated rings. The van der Waals surface area contributed by atoms with Crippen LogP contribution in [0.5, 0.6) is 11.5 Å². The zero-order valence-corrected chi connectivity index (χ0v) is 14.4. The van der Waals surface area contributed by atoms with Gasteiger partial charge in [0, 0.05) is 12.1 Å². The highest BCUT2D eigenvalue weighted by Gasteiger charge is 2.12. The van der Waals surface area contributed by atoms with Crippen LogP contribution in [0, 0.1) is 12.7 Å². The SMILES string of the molecule is COc1cc(NC(=S)Nc2cc(C)ccc2F)c(OC)cc1Cl. The quantitative estimate of drug-likeness (QED) is 0.784. The molecule has 0 aromatic heterocycles. The minimum atomic E-state index is -0.389. The molecular weight excluding hydrogens is 339 g/mol. The van der Waals surface area contributed by atoms with Gasteiger partial charge in [0.25, 0.3) is 0 Å². The number of ether oxygens (including phenoxy) is 2. The molecule has 7 heteroatoms. The highest BCUT2D eigenvalue weighted by Crippen LogP contribution is 2.35. The molecule has 2 aromatic carbocycles. The normalized spacial score (nSPS) is 10.1. The first kappa shape index (κ1) is 17.3. The van der Waals surface area contributed by atoms with Crippen LogP contribution in [0.1, 0.15) is 5.56 Å². The van der Waals surface area contributed by atoms with Crippen LogP contribution in [0.3, 0.4) is 0 Å². The highest BCUT2D eigenvalue weighted by atomic mass is 35.5. The second-order valence-corrected chi connectivity index (χ2v) is 5.56. The Balaban J connectivity index is 2.21. The maximum absolute atomic E-state index is 13.8. The number of halogens is 2. The summed E-state index contributed by atoms with van der Waals surface area (Å²) < 4.78 is 24.2. The summed E-state index contributed by atoms with van der Waals surface area (Å²) in [6.07, 6.45) is 0. The fraction of sp³-hybridized carbons (Fsp3) is 0.188. The van der Waals surface area contributed by atoms with Gasteiger partial charge in [-0.3, -0.25) is 0 Å². The molecule has 0 aliphatic rings. The van der Waals surface area contributed by atoms with Gasteiger partial charge in [0.15, 0.2) is 5.11 Å². The zero-order chi connectivity index (χ0) is 17.0. The van der Waals surface area contributed by atoms with Crippen LogP contribution in [-0.4, -0.2) is 19.3 Å². The van der Waals surface area contributed by atoms with Gasteiger partial charge in [-0.2, -0.15) is 0 Å². The van der Waals surface area contributed by atoms with Gasteiger partial charge < -0.3 is 20.1 Å². The van der Waals surface area contributed by atoms with Crippen molar-refractivity contribution in [2.45, 2.75) is 6.92 Å². The number of nitrogens with one attached hydrogen (secondary N) is 2. The minimum Gasteiger partial charge on any atom is -0.495 e. The van der Waals surface area contributed by atoms with Gasteiger partial charge in [-0.05, 0) is 36.8 Å². The van der Waals surface area contributed by atoms with Gasteiger partial charge >= 0.3 is 0 Å². The van der Waals surface area contributed by atoms with Gasteiger partial charge in [0.05, 0.1) is 30.6 Å². The molecule has 0 radical (unpaired) electrons. The van der Waals surface area contributed by atoms with Crippen molar-refractivity contribution in [3.63, 3.8) is 0 Å². The Morgan fingerprint density at radius 2 is 1.70 bits per heavy atom. The van der Waals surface area contributed by atoms with Crippen LogP contribution < -0.4 is 20.1 Å². The number of hydrogen-bond acceptors (Lipinski definition) is 3. The molecule has 0 atom stereocenters. The molecule has 2 N–H and O–H groups in total. The number of anilines is 2. The van der Waals surface area contributed by atoms with Gasteiger partial charge in [-0.1, -0.05) is 17.7 Å². The van der Waals surface area contributed by atoms with Crippen molar-refractivity contribution in [3.8, 4) is 11.5 Å². The number of rotatable bonds is 4. The summed E-state index contributed by atoms with van der Waals surface area (Å²) in [5.74, 6) is 0.574. The average molecular weight is 355 g/mol. The predicted octanol–water partition coefficient (Wildman–Crippen LogP) is 4.61. The van der Waals surface area contributed by atoms with Gasteiger partial charge in [0.2, 0.25) is 0 Å². The van der Waals surface area contributed by atoms with E-state index >= 15 is 0 Å². The van der Waals surface area contributed by atoms with E-state index in [2.05, 4.69) is 10.6 Å². The third kappa shape index (κ3) is 4.24. The van der Waals surface area contributed by atoms with E-state index in [1.807, 2.05) is 6.92 Å². The maximum atomic E-state index is 13.8. The molecule has 0 heterocycles. The number of thiocarbonyl (C=S) groups is 1. The van der Waals surface area contributed by atoms with Crippen LogP contribution in [-0.2, 0) is 0 Å². The van der Waals surface area contributed by atoms with Crippen molar-refractivity contribution in [1.82, 2.24) is 0 Å². The standard InChI is InChI=1S/C16H16ClFN2O2S/c1-9-4-5-11(18)12(6-9)19-16(23)20-13-8-14(21-2)10(17)7-15(13)22-3/h4-8H,1-3H3,(H2,19,20,23). The Labute approximate surface area is 144 Å². The molecule has 23 heavy (non-hydrogen) atoms. The second kappa shape index (κ2) is 7.48. The first-order valence-corrected chi connectivity index (χ1v) is 7.49. The Hall–Kier alpha value is -2.05. The Morgan fingerprint density at radius 3 is 2.35 bits per heavy atom. The van der Waals surface area contributed by atoms with E-state index in [4.69, 9.17) is 33.3 Å². The fourth-order valence-corrected chi connectivity index (χ4v) is 2.42. The van der Waals surface area contributed by atoms with Crippen molar-refractivity contribution in [3.05, 3.63) is 46.7 Å². The summed E-state index contributed by atoms with van der Waals surface area (Å²) in [6, 6.07) is 8.00. The molecule has 0 aliphatic heterocycles. The summed E-state index contributed by atoms with van der Waals surface area (Å²) in [6.45, 7) is 1.87. The first-order chi connectivity index (χ1) is 10.9. The fourth-order valence-electron chi connectivity index (χ4n) is 1.97. The van der Waals surface area contributed by atoms with Crippen molar-refractivity contribution in [1.29, 1.82) is 0 Å². The van der Waals surface area contributed by atoms with Crippen LogP contribution in [0.15, 0.2) is 30.3 Å². The van der Waals surface area contributed by atoms with Crippen molar-refractivity contribution in [2.24, 2.45) is 0 Å². The molecule has 0 amide bonds. The van der Waals surface area contributed by atoms with E-state index in [0.717, 1.165) is 5.56 Å². The summed E-state index contributed by atoms with van der Waals surface area (Å²) in [5.41, 5.74) is 1.77. The van der Waals surface area contributed by atoms with E-state index < -0.39 is 0 Å². The summed E-state index contributed by atoms with van der Waals surface area (Å²) >= 11 is 11.3. The third-order valence-electron chi connectivity index (χ3n) is 3.09. The van der Waals surface area contributed by atoms with Crippen molar-refractivity contribution >= 4 is 40.3 Å². The first-order valence-electron chi connectivity index (χ1n) is 6.70. The van der Waals surface area contributed by atoms with E-state index in [-0.39, 0.29) is 10.9 Å². The smallest absolute Gasteiger partial charge is 0.175 e. The van der Waals surface area contributed by atoms with Crippen LogP contribution in [0.4, 0.5) is 15.8 Å². The van der Waals surface area contributed by atoms with Crippen LogP contribution >= 0.6 is 23.8 Å². The topological polar surface area (TPSA) is 42.5 Å². The molecule has 2 aromatic rings. The lowest BCUT2D eigenvalue weighted by atomic mass is 10.2. The Kier molecular flexibility index (Phi) is 5.63. The number of methoxy groups -OCH3 is 2. The monoisotopic (exact) mass is 354 g/mol. The van der Waals surface area contributed by atoms with E-state index in [1.54, 1.807) is 24.3 Å². The van der Waals surface area contributed by atoms with E-state index in [9.17, 15) is 4.39 Å². The lowest BCUT2D eigenvalue weighted by Gasteiger charge is -2.16. The van der Waals surface area contributed by atoms with E-state index in [1.165, 1.54) is 20.3 Å². The number of benzene rings is 2. The lowest BCUT2D eigenvalue weighted by molar-refractivity contribution is 0.405. The molecule has 0 saturated carbocycles. The van der Waals surface area contributed by atoms with Crippen LogP contribution in [0.25, 0.3) is 0 Å². The molecule has 0 bridgehead atoms. The second-order valence-electron chi connectivity index (χ2n) is 4.75. The number of aryl methyl sites for hydroxylation is 1. The molecule has 0 aliphatic carbocycles. The summed E-state index contributed by atoms with van der Waals surface area (Å²) in [7, 11) is 3.02. The Morgan fingerprint density at radius 1 is 1.04 bits per heavy atom. The van der Waals surface area contributed by atoms with Crippen molar-refractivity contribution in [2.75, 3.05) is 24.9 Å². The zero-order valence-electron chi connectivity index (χ0n) is 12.9. The highest BCUT2D eigenvalue weighted by molar-refractivity contribution is 7.80. The number of hydrogen-bond donors (Lipinski definition) is 2. The van der Waals surface area contributed by atoms with Crippen LogP contribution in [0.2, 0.25) is 5.02 Å². The molecule has 4 nitrogen and oxygen atoms in total. The average Bonchev–Trinajstić information content (AvgIpc) is 2.52. The van der Waals surface area contributed by atoms with Crippen molar-refractivity contribution < 1.29 is 13.9 Å². The van der Waals surface area contributed by atoms with Gasteiger partial charge in [-0.25, -0.2) is 4.39 Å². The maximum Gasteiger partial charge on any atom is 0.175 e. The molecular formula is C16H16ClFN2O2S. The largest absolute Gasteiger partial charge is 0.495 e. The lowest BCUT2D eigenvalue weighted by Crippen LogP contribution is -2.20. The van der Waals surface area contributed by atoms with Gasteiger partial charge in [-0.15, -0.1) is 0 Å². The minimum absolute atomic E-state index is 0.220.